The first kappa shape index (κ1) is 19.0. The van der Waals surface area contributed by atoms with E-state index in [9.17, 15) is 14.9 Å². The van der Waals surface area contributed by atoms with E-state index >= 15 is 0 Å². The summed E-state index contributed by atoms with van der Waals surface area (Å²) in [5.74, 6) is -0.985. The van der Waals surface area contributed by atoms with Gasteiger partial charge in [-0.2, -0.15) is 5.26 Å². The van der Waals surface area contributed by atoms with Gasteiger partial charge < -0.3 is 20.4 Å². The van der Waals surface area contributed by atoms with Gasteiger partial charge in [-0.3, -0.25) is 4.79 Å². The molecule has 3 aromatic rings. The third-order valence-corrected chi connectivity index (χ3v) is 4.28. The Balaban J connectivity index is 1.96. The lowest BCUT2D eigenvalue weighted by atomic mass is 10.2. The molecular weight excluding hydrogens is 380 g/mol. The molecule has 0 saturated heterocycles. The van der Waals surface area contributed by atoms with E-state index in [1.165, 1.54) is 17.9 Å². The number of rotatable bonds is 4. The number of benzene rings is 2. The van der Waals surface area contributed by atoms with Crippen LogP contribution in [-0.2, 0) is 4.74 Å². The normalized spacial score (nSPS) is 10.2. The molecule has 0 unspecified atom stereocenters. The molecule has 0 fully saturated rings. The van der Waals surface area contributed by atoms with Crippen LogP contribution >= 0.6 is 11.6 Å². The second kappa shape index (κ2) is 7.86. The van der Waals surface area contributed by atoms with Crippen LogP contribution in [0, 0.1) is 11.3 Å². The lowest BCUT2D eigenvalue weighted by molar-refractivity contribution is 0.0593. The maximum atomic E-state index is 12.4. The van der Waals surface area contributed by atoms with Crippen LogP contribution in [0.2, 0.25) is 5.02 Å². The Bertz CT molecular complexity index is 1100. The van der Waals surface area contributed by atoms with Gasteiger partial charge in [0.25, 0.3) is 5.91 Å². The number of nitrogens with two attached hydrogens (primary N) is 1. The van der Waals surface area contributed by atoms with Crippen LogP contribution in [0.4, 0.5) is 11.4 Å². The number of esters is 1. The van der Waals surface area contributed by atoms with E-state index in [0.29, 0.717) is 22.0 Å². The third-order valence-electron chi connectivity index (χ3n) is 4.03. The minimum atomic E-state index is -0.672. The zero-order valence-electron chi connectivity index (χ0n) is 14.8. The van der Waals surface area contributed by atoms with Gasteiger partial charge in [0, 0.05) is 28.2 Å². The van der Waals surface area contributed by atoms with Gasteiger partial charge in [-0.15, -0.1) is 0 Å². The van der Waals surface area contributed by atoms with Crippen LogP contribution in [-0.4, -0.2) is 23.6 Å². The molecule has 28 heavy (non-hydrogen) atoms. The van der Waals surface area contributed by atoms with Crippen LogP contribution in [0.5, 0.6) is 0 Å². The number of aromatic nitrogens is 1. The summed E-state index contributed by atoms with van der Waals surface area (Å²) in [6, 6.07) is 15.2. The van der Waals surface area contributed by atoms with Crippen molar-refractivity contribution in [2.75, 3.05) is 18.2 Å². The van der Waals surface area contributed by atoms with Gasteiger partial charge in [-0.25, -0.2) is 4.79 Å². The number of hydrogen-bond acceptors (Lipinski definition) is 5. The average Bonchev–Trinajstić information content (AvgIpc) is 3.04. The fraction of sp³-hybridized carbons (Fsp3) is 0.0500. The average molecular weight is 395 g/mol. The largest absolute Gasteiger partial charge is 0.464 e. The van der Waals surface area contributed by atoms with Crippen molar-refractivity contribution in [3.63, 3.8) is 0 Å². The highest BCUT2D eigenvalue weighted by atomic mass is 35.5. The molecular formula is C20H15ClN4O3. The van der Waals surface area contributed by atoms with Crippen molar-refractivity contribution >= 4 is 34.9 Å². The van der Waals surface area contributed by atoms with Crippen LogP contribution in [0.15, 0.2) is 54.7 Å². The highest BCUT2D eigenvalue weighted by Gasteiger charge is 2.21. The third kappa shape index (κ3) is 3.68. The number of nitrogen functional groups attached to an aromatic ring is 1. The number of nitrogens with zero attached hydrogens (tertiary/aromatic N) is 2. The minimum Gasteiger partial charge on any atom is -0.464 e. The molecule has 3 rings (SSSR count). The number of carbonyl (C=O) groups is 2. The maximum absolute atomic E-state index is 12.4. The summed E-state index contributed by atoms with van der Waals surface area (Å²) in [7, 11) is 1.23. The molecule has 1 heterocycles. The van der Waals surface area contributed by atoms with E-state index in [0.717, 1.165) is 0 Å². The number of methoxy groups -OCH3 is 1. The molecule has 0 radical (unpaired) electrons. The van der Waals surface area contributed by atoms with E-state index in [1.807, 2.05) is 6.07 Å². The van der Waals surface area contributed by atoms with E-state index in [-0.39, 0.29) is 22.9 Å². The summed E-state index contributed by atoms with van der Waals surface area (Å²) in [5.41, 5.74) is 7.61. The van der Waals surface area contributed by atoms with Gasteiger partial charge in [0.2, 0.25) is 0 Å². The van der Waals surface area contributed by atoms with E-state index in [4.69, 9.17) is 22.1 Å². The number of nitrogens with one attached hydrogen (secondary N) is 1. The van der Waals surface area contributed by atoms with Gasteiger partial charge in [0.1, 0.15) is 6.07 Å². The fourth-order valence-electron chi connectivity index (χ4n) is 2.66. The van der Waals surface area contributed by atoms with Crippen LogP contribution in [0.25, 0.3) is 5.69 Å². The van der Waals surface area contributed by atoms with Crippen molar-refractivity contribution in [1.82, 2.24) is 4.57 Å². The van der Waals surface area contributed by atoms with Crippen LogP contribution in [0.3, 0.4) is 0 Å². The van der Waals surface area contributed by atoms with Gasteiger partial charge in [-0.1, -0.05) is 17.7 Å². The maximum Gasteiger partial charge on any atom is 0.357 e. The summed E-state index contributed by atoms with van der Waals surface area (Å²) >= 11 is 5.84. The number of anilines is 2. The topological polar surface area (TPSA) is 110 Å². The van der Waals surface area contributed by atoms with E-state index in [1.54, 1.807) is 48.5 Å². The molecule has 8 heteroatoms. The molecule has 2 aromatic carbocycles. The molecule has 1 aromatic heterocycles. The first-order valence-electron chi connectivity index (χ1n) is 8.11. The standard InChI is InChI=1S/C20H15ClN4O3/c1-28-20(27)18-17(23)13(10-22)11-25(18)16-4-2-3-15(9-16)24-19(26)12-5-7-14(21)8-6-12/h2-9,11H,23H2,1H3,(H,24,26). The first-order valence-corrected chi connectivity index (χ1v) is 8.49. The predicted molar refractivity (Wildman–Crippen MR) is 106 cm³/mol. The number of halogens is 1. The lowest BCUT2D eigenvalue weighted by Crippen LogP contribution is -2.13. The van der Waals surface area contributed by atoms with Crippen molar-refractivity contribution < 1.29 is 14.3 Å². The van der Waals surface area contributed by atoms with Gasteiger partial charge in [0.15, 0.2) is 5.69 Å². The summed E-state index contributed by atoms with van der Waals surface area (Å²) < 4.78 is 6.23. The Morgan fingerprint density at radius 2 is 1.93 bits per heavy atom. The van der Waals surface area contributed by atoms with Crippen molar-refractivity contribution in [2.24, 2.45) is 0 Å². The number of nitriles is 1. The first-order chi connectivity index (χ1) is 13.4. The van der Waals surface area contributed by atoms with E-state index < -0.39 is 5.97 Å². The summed E-state index contributed by atoms with van der Waals surface area (Å²) in [6.45, 7) is 0. The molecule has 3 N–H and O–H groups in total. The number of hydrogen-bond donors (Lipinski definition) is 2. The molecule has 0 saturated carbocycles. The Labute approximate surface area is 165 Å². The molecule has 0 aliphatic carbocycles. The van der Waals surface area contributed by atoms with Gasteiger partial charge in [0.05, 0.1) is 18.4 Å². The monoisotopic (exact) mass is 394 g/mol. The fourth-order valence-corrected chi connectivity index (χ4v) is 2.78. The minimum absolute atomic E-state index is 0.0324. The smallest absolute Gasteiger partial charge is 0.357 e. The summed E-state index contributed by atoms with van der Waals surface area (Å²) in [4.78, 5) is 24.5. The Kier molecular flexibility index (Phi) is 5.34. The Hall–Kier alpha value is -3.76. The number of amides is 1. The van der Waals surface area contributed by atoms with Crippen LogP contribution < -0.4 is 11.1 Å². The second-order valence-corrected chi connectivity index (χ2v) is 6.23. The molecule has 140 valence electrons. The molecule has 7 nitrogen and oxygen atoms in total. The van der Waals surface area contributed by atoms with Crippen molar-refractivity contribution in [2.45, 2.75) is 0 Å². The quantitative estimate of drug-likeness (QED) is 0.656. The summed E-state index contributed by atoms with van der Waals surface area (Å²) in [6.07, 6.45) is 1.45. The summed E-state index contributed by atoms with van der Waals surface area (Å²) in [5, 5.41) is 12.5. The van der Waals surface area contributed by atoms with Crippen molar-refractivity contribution in [3.8, 4) is 11.8 Å². The molecule has 0 bridgehead atoms. The van der Waals surface area contributed by atoms with Crippen molar-refractivity contribution in [1.29, 1.82) is 5.26 Å². The Morgan fingerprint density at radius 1 is 1.21 bits per heavy atom. The number of carbonyl (C=O) groups excluding carboxylic acids is 2. The van der Waals surface area contributed by atoms with Gasteiger partial charge in [-0.05, 0) is 42.5 Å². The highest BCUT2D eigenvalue weighted by Crippen LogP contribution is 2.26. The highest BCUT2D eigenvalue weighted by molar-refractivity contribution is 6.30. The molecule has 0 aliphatic rings. The SMILES string of the molecule is COC(=O)c1c(N)c(C#N)cn1-c1cccc(NC(=O)c2ccc(Cl)cc2)c1. The molecule has 0 atom stereocenters. The van der Waals surface area contributed by atoms with Gasteiger partial charge >= 0.3 is 5.97 Å². The molecule has 0 aliphatic heterocycles. The molecule has 1 amide bonds. The van der Waals surface area contributed by atoms with E-state index in [2.05, 4.69) is 5.32 Å². The Morgan fingerprint density at radius 3 is 2.57 bits per heavy atom. The van der Waals surface area contributed by atoms with Crippen molar-refractivity contribution in [3.05, 3.63) is 76.6 Å². The zero-order valence-corrected chi connectivity index (χ0v) is 15.5. The number of ether oxygens (including phenoxy) is 1. The lowest BCUT2D eigenvalue weighted by Gasteiger charge is -2.11. The predicted octanol–water partition coefficient (Wildman–Crippen LogP) is 3.62. The second-order valence-electron chi connectivity index (χ2n) is 5.79. The molecule has 0 spiro atoms. The van der Waals surface area contributed by atoms with Crippen LogP contribution in [0.1, 0.15) is 26.4 Å². The zero-order chi connectivity index (χ0) is 20.3.